The average molecular weight is 384 g/mol. The Morgan fingerprint density at radius 2 is 2.20 bits per heavy atom. The molecule has 25 heavy (non-hydrogen) atoms. The molecule has 0 aliphatic rings. The lowest BCUT2D eigenvalue weighted by Gasteiger charge is -2.16. The minimum atomic E-state index is -0.0455. The first kappa shape index (κ1) is 19.8. The Labute approximate surface area is 157 Å². The molecule has 7 heteroatoms. The summed E-state index contributed by atoms with van der Waals surface area (Å²) in [7, 11) is 0. The van der Waals surface area contributed by atoms with Gasteiger partial charge in [-0.05, 0) is 24.6 Å². The highest BCUT2D eigenvalue weighted by molar-refractivity contribution is 6.36. The highest BCUT2D eigenvalue weighted by Gasteiger charge is 2.14. The van der Waals surface area contributed by atoms with Crippen LogP contribution in [0.3, 0.4) is 0 Å². The number of aromatic nitrogens is 1. The summed E-state index contributed by atoms with van der Waals surface area (Å²) in [5.41, 5.74) is 6.41. The van der Waals surface area contributed by atoms with Gasteiger partial charge in [0.1, 0.15) is 0 Å². The van der Waals surface area contributed by atoms with Gasteiger partial charge in [-0.2, -0.15) is 0 Å². The van der Waals surface area contributed by atoms with Crippen molar-refractivity contribution in [3.05, 3.63) is 40.3 Å². The molecular weight excluding hydrogens is 361 g/mol. The summed E-state index contributed by atoms with van der Waals surface area (Å²) in [6.07, 6.45) is 5.36. The standard InChI is InChI=1S/C18H23Cl2N3O2/c1-2-3-4-13(10-21)23-17(24)7-8-18-22-11-16(25-18)14-6-5-12(19)9-15(14)20/h5-6,9,11,13H,2-4,7-8,10,21H2,1H3,(H,23,24). The second-order valence-corrected chi connectivity index (χ2v) is 6.73. The third-order valence-corrected chi connectivity index (χ3v) is 4.42. The van der Waals surface area contributed by atoms with E-state index in [1.54, 1.807) is 24.4 Å². The molecule has 0 bridgehead atoms. The van der Waals surface area contributed by atoms with Crippen LogP contribution in [0.25, 0.3) is 11.3 Å². The van der Waals surface area contributed by atoms with Crippen molar-refractivity contribution in [3.63, 3.8) is 0 Å². The van der Waals surface area contributed by atoms with Gasteiger partial charge in [0.15, 0.2) is 11.7 Å². The second kappa shape index (κ2) is 9.80. The van der Waals surface area contributed by atoms with Gasteiger partial charge in [-0.1, -0.05) is 43.0 Å². The zero-order chi connectivity index (χ0) is 18.2. The van der Waals surface area contributed by atoms with Crippen molar-refractivity contribution in [1.29, 1.82) is 0 Å². The van der Waals surface area contributed by atoms with Gasteiger partial charge in [0, 0.05) is 36.0 Å². The molecule has 3 N–H and O–H groups in total. The third kappa shape index (κ3) is 6.03. The number of oxazole rings is 1. The number of aryl methyl sites for hydroxylation is 1. The molecule has 5 nitrogen and oxygen atoms in total. The molecule has 0 radical (unpaired) electrons. The fourth-order valence-electron chi connectivity index (χ4n) is 2.46. The van der Waals surface area contributed by atoms with Crippen molar-refractivity contribution in [2.75, 3.05) is 6.54 Å². The molecule has 2 aromatic rings. The Balaban J connectivity index is 1.89. The molecule has 1 aromatic carbocycles. The average Bonchev–Trinajstić information content (AvgIpc) is 3.05. The van der Waals surface area contributed by atoms with E-state index < -0.39 is 0 Å². The fraction of sp³-hybridized carbons (Fsp3) is 0.444. The van der Waals surface area contributed by atoms with Crippen LogP contribution in [0.4, 0.5) is 0 Å². The van der Waals surface area contributed by atoms with E-state index in [1.807, 2.05) is 0 Å². The zero-order valence-electron chi connectivity index (χ0n) is 14.2. The molecule has 2 rings (SSSR count). The van der Waals surface area contributed by atoms with Crippen LogP contribution in [0.5, 0.6) is 0 Å². The number of amides is 1. The number of nitrogens with zero attached hydrogens (tertiary/aromatic N) is 1. The monoisotopic (exact) mass is 383 g/mol. The number of benzene rings is 1. The van der Waals surface area contributed by atoms with Crippen molar-refractivity contribution < 1.29 is 9.21 Å². The Morgan fingerprint density at radius 3 is 2.88 bits per heavy atom. The molecule has 0 spiro atoms. The predicted molar refractivity (Wildman–Crippen MR) is 101 cm³/mol. The summed E-state index contributed by atoms with van der Waals surface area (Å²) in [5, 5.41) is 4.01. The molecule has 1 unspecified atom stereocenters. The van der Waals surface area contributed by atoms with E-state index in [9.17, 15) is 4.79 Å². The molecule has 0 aliphatic heterocycles. The van der Waals surface area contributed by atoms with Gasteiger partial charge in [-0.25, -0.2) is 4.98 Å². The minimum Gasteiger partial charge on any atom is -0.441 e. The number of nitrogens with two attached hydrogens (primary N) is 1. The van der Waals surface area contributed by atoms with Crippen molar-refractivity contribution in [3.8, 4) is 11.3 Å². The molecule has 0 aliphatic carbocycles. The van der Waals surface area contributed by atoms with Crippen LogP contribution in [-0.4, -0.2) is 23.5 Å². The van der Waals surface area contributed by atoms with Crippen LogP contribution in [0.2, 0.25) is 10.0 Å². The molecule has 1 aromatic heterocycles. The summed E-state index contributed by atoms with van der Waals surface area (Å²) in [6.45, 7) is 2.56. The normalized spacial score (nSPS) is 12.2. The second-order valence-electron chi connectivity index (χ2n) is 5.88. The summed E-state index contributed by atoms with van der Waals surface area (Å²) in [4.78, 5) is 16.3. The van der Waals surface area contributed by atoms with E-state index in [0.29, 0.717) is 41.1 Å². The van der Waals surface area contributed by atoms with Crippen LogP contribution in [0.15, 0.2) is 28.8 Å². The molecule has 136 valence electrons. The number of carbonyl (C=O) groups is 1. The number of unbranched alkanes of at least 4 members (excludes halogenated alkanes) is 1. The van der Waals surface area contributed by atoms with Crippen molar-refractivity contribution in [1.82, 2.24) is 10.3 Å². The maximum absolute atomic E-state index is 12.0. The molecule has 1 amide bonds. The molecule has 0 saturated heterocycles. The van der Waals surface area contributed by atoms with E-state index in [2.05, 4.69) is 17.2 Å². The summed E-state index contributed by atoms with van der Waals surface area (Å²) < 4.78 is 5.69. The first-order valence-electron chi connectivity index (χ1n) is 8.43. The first-order chi connectivity index (χ1) is 12.0. The van der Waals surface area contributed by atoms with Gasteiger partial charge in [0.2, 0.25) is 5.91 Å². The Morgan fingerprint density at radius 1 is 1.40 bits per heavy atom. The maximum Gasteiger partial charge on any atom is 0.220 e. The largest absolute Gasteiger partial charge is 0.441 e. The molecule has 0 fully saturated rings. The molecule has 0 saturated carbocycles. The number of nitrogens with one attached hydrogen (secondary N) is 1. The fourth-order valence-corrected chi connectivity index (χ4v) is 2.96. The van der Waals surface area contributed by atoms with E-state index in [1.165, 1.54) is 0 Å². The van der Waals surface area contributed by atoms with Gasteiger partial charge < -0.3 is 15.5 Å². The number of hydrogen-bond donors (Lipinski definition) is 2. The van der Waals surface area contributed by atoms with E-state index >= 15 is 0 Å². The topological polar surface area (TPSA) is 81.1 Å². The lowest BCUT2D eigenvalue weighted by atomic mass is 10.1. The van der Waals surface area contributed by atoms with E-state index in [-0.39, 0.29) is 11.9 Å². The molecular formula is C18H23Cl2N3O2. The Bertz CT molecular complexity index is 703. The quantitative estimate of drug-likeness (QED) is 0.679. The van der Waals surface area contributed by atoms with Crippen LogP contribution in [0, 0.1) is 0 Å². The first-order valence-corrected chi connectivity index (χ1v) is 9.18. The van der Waals surface area contributed by atoms with Gasteiger partial charge in [0.05, 0.1) is 11.2 Å². The number of hydrogen-bond acceptors (Lipinski definition) is 4. The van der Waals surface area contributed by atoms with Gasteiger partial charge in [0.25, 0.3) is 0 Å². The van der Waals surface area contributed by atoms with E-state index in [0.717, 1.165) is 24.8 Å². The van der Waals surface area contributed by atoms with Crippen molar-refractivity contribution >= 4 is 29.1 Å². The summed E-state index contributed by atoms with van der Waals surface area (Å²) >= 11 is 12.1. The Hall–Kier alpha value is -1.56. The molecule has 1 atom stereocenters. The highest BCUT2D eigenvalue weighted by atomic mass is 35.5. The highest BCUT2D eigenvalue weighted by Crippen LogP contribution is 2.30. The minimum absolute atomic E-state index is 0.0282. The van der Waals surface area contributed by atoms with Gasteiger partial charge in [-0.15, -0.1) is 0 Å². The summed E-state index contributed by atoms with van der Waals surface area (Å²) in [5.74, 6) is 1.00. The summed E-state index contributed by atoms with van der Waals surface area (Å²) in [6, 6.07) is 5.20. The SMILES string of the molecule is CCCCC(CN)NC(=O)CCc1ncc(-c2ccc(Cl)cc2Cl)o1. The lowest BCUT2D eigenvalue weighted by molar-refractivity contribution is -0.121. The lowest BCUT2D eigenvalue weighted by Crippen LogP contribution is -2.40. The van der Waals surface area contributed by atoms with Crippen LogP contribution >= 0.6 is 23.2 Å². The number of carbonyl (C=O) groups excluding carboxylic acids is 1. The molecule has 1 heterocycles. The number of rotatable bonds is 9. The Kier molecular flexibility index (Phi) is 7.75. The van der Waals surface area contributed by atoms with Crippen LogP contribution < -0.4 is 11.1 Å². The predicted octanol–water partition coefficient (Wildman–Crippen LogP) is 4.21. The zero-order valence-corrected chi connectivity index (χ0v) is 15.7. The maximum atomic E-state index is 12.0. The smallest absolute Gasteiger partial charge is 0.220 e. The van der Waals surface area contributed by atoms with E-state index in [4.69, 9.17) is 33.4 Å². The van der Waals surface area contributed by atoms with Crippen LogP contribution in [-0.2, 0) is 11.2 Å². The van der Waals surface area contributed by atoms with Crippen molar-refractivity contribution in [2.45, 2.75) is 45.1 Å². The third-order valence-electron chi connectivity index (χ3n) is 3.87. The van der Waals surface area contributed by atoms with Gasteiger partial charge >= 0.3 is 0 Å². The van der Waals surface area contributed by atoms with Gasteiger partial charge in [-0.3, -0.25) is 4.79 Å². The van der Waals surface area contributed by atoms with Crippen molar-refractivity contribution in [2.24, 2.45) is 5.73 Å². The van der Waals surface area contributed by atoms with Crippen LogP contribution in [0.1, 0.15) is 38.5 Å². The number of halogens is 2.